The lowest BCUT2D eigenvalue weighted by molar-refractivity contribution is 0.226. The van der Waals surface area contributed by atoms with Gasteiger partial charge in [0.05, 0.1) is 0 Å². The van der Waals surface area contributed by atoms with Gasteiger partial charge in [0.25, 0.3) is 0 Å². The maximum Gasteiger partial charge on any atom is -0.0149 e. The molecule has 0 saturated carbocycles. The summed E-state index contributed by atoms with van der Waals surface area (Å²) >= 11 is 0. The number of rotatable bonds is 4. The summed E-state index contributed by atoms with van der Waals surface area (Å²) in [6.07, 6.45) is 11.3. The topological polar surface area (TPSA) is 0 Å². The molecule has 2 aromatic rings. The van der Waals surface area contributed by atoms with Crippen LogP contribution in [0.15, 0.2) is 54.1 Å². The quantitative estimate of drug-likeness (QED) is 0.499. The van der Waals surface area contributed by atoms with Crippen molar-refractivity contribution in [3.8, 4) is 11.1 Å². The number of allylic oxidation sites excluding steroid dienone is 2. The molecule has 0 aliphatic heterocycles. The van der Waals surface area contributed by atoms with Gasteiger partial charge in [0, 0.05) is 0 Å². The Morgan fingerprint density at radius 2 is 1.70 bits per heavy atom. The second-order valence-corrected chi connectivity index (χ2v) is 9.05. The van der Waals surface area contributed by atoms with Crippen molar-refractivity contribution in [2.45, 2.75) is 65.7 Å². The second kappa shape index (κ2) is 8.05. The molecular weight excluding hydrogens is 324 g/mol. The smallest absolute Gasteiger partial charge is 0.0149 e. The molecule has 0 saturated heterocycles. The van der Waals surface area contributed by atoms with Crippen molar-refractivity contribution in [3.05, 3.63) is 70.8 Å². The summed E-state index contributed by atoms with van der Waals surface area (Å²) < 4.78 is 0. The van der Waals surface area contributed by atoms with Crippen molar-refractivity contribution in [2.75, 3.05) is 0 Å². The summed E-state index contributed by atoms with van der Waals surface area (Å²) in [5.74, 6) is 2.37. The molecule has 3 atom stereocenters. The maximum absolute atomic E-state index is 2.54. The minimum atomic E-state index is 0.758. The van der Waals surface area contributed by atoms with Crippen LogP contribution in [0, 0.1) is 17.8 Å². The lowest BCUT2D eigenvalue weighted by Gasteiger charge is -2.34. The number of aryl methyl sites for hydroxylation is 1. The van der Waals surface area contributed by atoms with Crippen LogP contribution in [-0.2, 0) is 19.3 Å². The summed E-state index contributed by atoms with van der Waals surface area (Å²) in [5.41, 5.74) is 9.24. The highest BCUT2D eigenvalue weighted by Gasteiger charge is 2.31. The Morgan fingerprint density at radius 3 is 2.52 bits per heavy atom. The van der Waals surface area contributed by atoms with Crippen LogP contribution in [0.3, 0.4) is 0 Å². The van der Waals surface area contributed by atoms with E-state index in [4.69, 9.17) is 0 Å². The van der Waals surface area contributed by atoms with Crippen LogP contribution in [0.2, 0.25) is 0 Å². The van der Waals surface area contributed by atoms with Crippen LogP contribution < -0.4 is 0 Å². The summed E-state index contributed by atoms with van der Waals surface area (Å²) in [6, 6.07) is 16.5. The third kappa shape index (κ3) is 3.91. The predicted octanol–water partition coefficient (Wildman–Crippen LogP) is 7.40. The Morgan fingerprint density at radius 1 is 0.926 bits per heavy atom. The lowest BCUT2D eigenvalue weighted by Crippen LogP contribution is -2.27. The summed E-state index contributed by atoms with van der Waals surface area (Å²) in [4.78, 5) is 0. The fraction of sp³-hybridized carbons (Fsp3) is 0.481. The standard InChI is InChI=1S/C27H34/c1-4-5-8-21-12-14-27-23(16-21)18-24(17-22-9-6-7-10-26(22)27)25-13-11-19(2)15-20(25)3/h6-7,9-12,14,16,20,24-25H,4-5,8,13,15,17-18H2,1-3H3. The lowest BCUT2D eigenvalue weighted by atomic mass is 9.71. The zero-order chi connectivity index (χ0) is 18.8. The van der Waals surface area contributed by atoms with Gasteiger partial charge in [0.1, 0.15) is 0 Å². The number of unbranched alkanes of at least 4 members (excludes halogenated alkanes) is 1. The molecule has 142 valence electrons. The molecule has 0 fully saturated rings. The average Bonchev–Trinajstić information content (AvgIpc) is 2.82. The van der Waals surface area contributed by atoms with Gasteiger partial charge in [0.15, 0.2) is 0 Å². The molecular formula is C27H34. The third-order valence-corrected chi connectivity index (χ3v) is 6.98. The highest BCUT2D eigenvalue weighted by Crippen LogP contribution is 2.42. The Kier molecular flexibility index (Phi) is 5.53. The van der Waals surface area contributed by atoms with Crippen molar-refractivity contribution in [1.82, 2.24) is 0 Å². The van der Waals surface area contributed by atoms with Gasteiger partial charge in [-0.15, -0.1) is 0 Å². The van der Waals surface area contributed by atoms with E-state index in [1.165, 1.54) is 61.6 Å². The monoisotopic (exact) mass is 358 g/mol. The zero-order valence-electron chi connectivity index (χ0n) is 17.3. The molecule has 2 aromatic carbocycles. The van der Waals surface area contributed by atoms with Gasteiger partial charge >= 0.3 is 0 Å². The van der Waals surface area contributed by atoms with Gasteiger partial charge in [0.2, 0.25) is 0 Å². The van der Waals surface area contributed by atoms with Crippen molar-refractivity contribution in [1.29, 1.82) is 0 Å². The molecule has 0 amide bonds. The van der Waals surface area contributed by atoms with E-state index in [9.17, 15) is 0 Å². The van der Waals surface area contributed by atoms with Crippen molar-refractivity contribution < 1.29 is 0 Å². The predicted molar refractivity (Wildman–Crippen MR) is 117 cm³/mol. The molecule has 2 aliphatic carbocycles. The zero-order valence-corrected chi connectivity index (χ0v) is 17.3. The van der Waals surface area contributed by atoms with E-state index >= 15 is 0 Å². The number of fused-ring (bicyclic) bond motifs is 3. The normalized spacial score (nSPS) is 24.6. The van der Waals surface area contributed by atoms with Gasteiger partial charge in [-0.25, -0.2) is 0 Å². The van der Waals surface area contributed by atoms with Crippen LogP contribution >= 0.6 is 0 Å². The van der Waals surface area contributed by atoms with E-state index < -0.39 is 0 Å². The molecule has 0 spiro atoms. The Labute approximate surface area is 165 Å². The Balaban J connectivity index is 1.72. The number of hydrogen-bond donors (Lipinski definition) is 0. The highest BCUT2D eigenvalue weighted by molar-refractivity contribution is 5.72. The summed E-state index contributed by atoms with van der Waals surface area (Å²) in [7, 11) is 0. The van der Waals surface area contributed by atoms with E-state index in [0.29, 0.717) is 0 Å². The average molecular weight is 359 g/mol. The van der Waals surface area contributed by atoms with Crippen LogP contribution in [0.25, 0.3) is 11.1 Å². The first-order valence-electron chi connectivity index (χ1n) is 11.0. The molecule has 2 aliphatic rings. The SMILES string of the molecule is CCCCc1ccc2c(c1)CC(C1CC=C(C)CC1C)Cc1ccccc1-2. The van der Waals surface area contributed by atoms with E-state index in [1.54, 1.807) is 16.7 Å². The molecule has 0 bridgehead atoms. The summed E-state index contributed by atoms with van der Waals surface area (Å²) in [5, 5.41) is 0. The molecule has 0 heterocycles. The Bertz CT molecular complexity index is 826. The van der Waals surface area contributed by atoms with Gasteiger partial charge in [-0.05, 0) is 91.0 Å². The number of hydrogen-bond acceptors (Lipinski definition) is 0. The fourth-order valence-electron chi connectivity index (χ4n) is 5.49. The maximum atomic E-state index is 2.54. The highest BCUT2D eigenvalue weighted by atomic mass is 14.4. The van der Waals surface area contributed by atoms with E-state index in [-0.39, 0.29) is 0 Å². The molecule has 3 unspecified atom stereocenters. The van der Waals surface area contributed by atoms with Crippen molar-refractivity contribution in [3.63, 3.8) is 0 Å². The van der Waals surface area contributed by atoms with Crippen LogP contribution in [0.4, 0.5) is 0 Å². The van der Waals surface area contributed by atoms with Gasteiger partial charge in [-0.2, -0.15) is 0 Å². The molecule has 0 N–H and O–H groups in total. The van der Waals surface area contributed by atoms with E-state index in [0.717, 1.165) is 17.8 Å². The molecule has 4 rings (SSSR count). The molecule has 0 nitrogen and oxygen atoms in total. The Hall–Kier alpha value is -1.82. The minimum absolute atomic E-state index is 0.758. The first kappa shape index (κ1) is 18.5. The first-order chi connectivity index (χ1) is 13.2. The van der Waals surface area contributed by atoms with Crippen molar-refractivity contribution >= 4 is 0 Å². The van der Waals surface area contributed by atoms with Crippen LogP contribution in [0.5, 0.6) is 0 Å². The van der Waals surface area contributed by atoms with Gasteiger partial charge in [-0.1, -0.05) is 74.4 Å². The first-order valence-corrected chi connectivity index (χ1v) is 11.0. The minimum Gasteiger partial charge on any atom is -0.0853 e. The number of benzene rings is 2. The molecule has 0 aromatic heterocycles. The largest absolute Gasteiger partial charge is 0.0853 e. The summed E-state index contributed by atoms with van der Waals surface area (Å²) in [6.45, 7) is 7.08. The molecule has 0 radical (unpaired) electrons. The van der Waals surface area contributed by atoms with Gasteiger partial charge < -0.3 is 0 Å². The van der Waals surface area contributed by atoms with E-state index in [2.05, 4.69) is 69.3 Å². The van der Waals surface area contributed by atoms with Gasteiger partial charge in [-0.3, -0.25) is 0 Å². The van der Waals surface area contributed by atoms with Crippen molar-refractivity contribution in [2.24, 2.45) is 17.8 Å². The van der Waals surface area contributed by atoms with E-state index in [1.807, 2.05) is 0 Å². The van der Waals surface area contributed by atoms with Crippen LogP contribution in [0.1, 0.15) is 63.1 Å². The fourth-order valence-corrected chi connectivity index (χ4v) is 5.49. The second-order valence-electron chi connectivity index (χ2n) is 9.05. The third-order valence-electron chi connectivity index (χ3n) is 6.98. The van der Waals surface area contributed by atoms with Crippen LogP contribution in [-0.4, -0.2) is 0 Å². The molecule has 0 heteroatoms. The molecule has 27 heavy (non-hydrogen) atoms.